The van der Waals surface area contributed by atoms with E-state index in [0.717, 1.165) is 46.8 Å². The zero-order chi connectivity index (χ0) is 15.2. The number of fused-ring (bicyclic) bond motifs is 1. The van der Waals surface area contributed by atoms with Crippen molar-refractivity contribution in [3.8, 4) is 34.4 Å². The Morgan fingerprint density at radius 3 is 2.77 bits per heavy atom. The quantitative estimate of drug-likeness (QED) is 0.867. The van der Waals surface area contributed by atoms with Crippen LogP contribution in [0.15, 0.2) is 36.4 Å². The summed E-state index contributed by atoms with van der Waals surface area (Å²) in [7, 11) is 1.64. The number of benzene rings is 2. The van der Waals surface area contributed by atoms with Crippen molar-refractivity contribution in [3.05, 3.63) is 42.0 Å². The zero-order valence-electron chi connectivity index (χ0n) is 12.3. The van der Waals surface area contributed by atoms with Gasteiger partial charge < -0.3 is 14.2 Å². The van der Waals surface area contributed by atoms with Crippen LogP contribution >= 0.6 is 0 Å². The van der Waals surface area contributed by atoms with Crippen molar-refractivity contribution in [2.24, 2.45) is 0 Å². The first-order chi connectivity index (χ1) is 10.8. The van der Waals surface area contributed by atoms with Crippen molar-refractivity contribution in [3.63, 3.8) is 0 Å². The number of para-hydroxylation sites is 1. The lowest BCUT2D eigenvalue weighted by Gasteiger charge is -2.15. The van der Waals surface area contributed by atoms with Crippen LogP contribution in [-0.2, 0) is 5.41 Å². The van der Waals surface area contributed by atoms with Gasteiger partial charge in [0.15, 0.2) is 11.5 Å². The van der Waals surface area contributed by atoms with Crippen LogP contribution in [0.1, 0.15) is 18.4 Å². The van der Waals surface area contributed by atoms with Crippen LogP contribution in [0, 0.1) is 11.3 Å². The number of ether oxygens (including phenoxy) is 3. The van der Waals surface area contributed by atoms with E-state index in [2.05, 4.69) is 6.07 Å². The zero-order valence-corrected chi connectivity index (χ0v) is 12.3. The molecule has 1 aliphatic heterocycles. The maximum atomic E-state index is 9.50. The molecular formula is C18H15NO3. The lowest BCUT2D eigenvalue weighted by atomic mass is 9.92. The van der Waals surface area contributed by atoms with Gasteiger partial charge in [0.05, 0.1) is 18.6 Å². The van der Waals surface area contributed by atoms with Crippen LogP contribution in [0.2, 0.25) is 0 Å². The Balaban J connectivity index is 1.86. The molecule has 1 fully saturated rings. The van der Waals surface area contributed by atoms with E-state index in [-0.39, 0.29) is 6.79 Å². The van der Waals surface area contributed by atoms with Crippen LogP contribution in [0.25, 0.3) is 11.1 Å². The molecule has 110 valence electrons. The maximum absolute atomic E-state index is 9.50. The fraction of sp³-hybridized carbons (Fsp3) is 0.278. The monoisotopic (exact) mass is 293 g/mol. The van der Waals surface area contributed by atoms with E-state index in [9.17, 15) is 5.26 Å². The van der Waals surface area contributed by atoms with Crippen molar-refractivity contribution >= 4 is 0 Å². The molecule has 0 N–H and O–H groups in total. The Morgan fingerprint density at radius 2 is 2.05 bits per heavy atom. The number of hydrogen-bond donors (Lipinski definition) is 0. The lowest BCUT2D eigenvalue weighted by Crippen LogP contribution is -2.05. The number of hydrogen-bond acceptors (Lipinski definition) is 4. The van der Waals surface area contributed by atoms with E-state index in [1.807, 2.05) is 36.4 Å². The second-order valence-corrected chi connectivity index (χ2v) is 5.65. The van der Waals surface area contributed by atoms with Gasteiger partial charge in [-0.05, 0) is 36.6 Å². The Labute approximate surface area is 128 Å². The van der Waals surface area contributed by atoms with Crippen LogP contribution in [0.3, 0.4) is 0 Å². The molecule has 0 radical (unpaired) electrons. The molecule has 0 saturated heterocycles. The van der Waals surface area contributed by atoms with Crippen molar-refractivity contribution in [2.75, 3.05) is 13.9 Å². The van der Waals surface area contributed by atoms with Gasteiger partial charge in [-0.25, -0.2) is 0 Å². The molecule has 22 heavy (non-hydrogen) atoms. The summed E-state index contributed by atoms with van der Waals surface area (Å²) in [4.78, 5) is 0. The molecule has 2 aromatic rings. The minimum absolute atomic E-state index is 0.248. The lowest BCUT2D eigenvalue weighted by molar-refractivity contribution is 0.174. The Morgan fingerprint density at radius 1 is 1.18 bits per heavy atom. The summed E-state index contributed by atoms with van der Waals surface area (Å²) in [5.74, 6) is 2.30. The standard InChI is InChI=1S/C18H15NO3/c1-20-15-6-5-12(9-14(15)18(10-19)7-8-18)13-3-2-4-16-17(13)22-11-21-16/h2-6,9H,7-8,11H2,1H3. The van der Waals surface area contributed by atoms with E-state index in [1.165, 1.54) is 0 Å². The molecule has 1 saturated carbocycles. The molecule has 0 bridgehead atoms. The molecule has 0 spiro atoms. The van der Waals surface area contributed by atoms with E-state index in [1.54, 1.807) is 7.11 Å². The summed E-state index contributed by atoms with van der Waals surface area (Å²) < 4.78 is 16.5. The Hall–Kier alpha value is -2.67. The van der Waals surface area contributed by atoms with E-state index >= 15 is 0 Å². The summed E-state index contributed by atoms with van der Waals surface area (Å²) in [5, 5.41) is 9.50. The highest BCUT2D eigenvalue weighted by Crippen LogP contribution is 2.52. The first-order valence-electron chi connectivity index (χ1n) is 7.26. The van der Waals surface area contributed by atoms with E-state index in [4.69, 9.17) is 14.2 Å². The number of rotatable bonds is 3. The first kappa shape index (κ1) is 13.0. The first-order valence-corrected chi connectivity index (χ1v) is 7.26. The van der Waals surface area contributed by atoms with Crippen LogP contribution in [0.4, 0.5) is 0 Å². The van der Waals surface area contributed by atoms with Crippen molar-refractivity contribution < 1.29 is 14.2 Å². The predicted octanol–water partition coefficient (Wildman–Crippen LogP) is 3.65. The van der Waals surface area contributed by atoms with Crippen molar-refractivity contribution in [2.45, 2.75) is 18.3 Å². The van der Waals surface area contributed by atoms with Crippen LogP contribution in [-0.4, -0.2) is 13.9 Å². The summed E-state index contributed by atoms with van der Waals surface area (Å²) in [6.07, 6.45) is 1.77. The van der Waals surface area contributed by atoms with Crippen molar-refractivity contribution in [1.82, 2.24) is 0 Å². The predicted molar refractivity (Wildman–Crippen MR) is 81.1 cm³/mol. The number of methoxy groups -OCH3 is 1. The van der Waals surface area contributed by atoms with Gasteiger partial charge in [0, 0.05) is 11.1 Å². The summed E-state index contributed by atoms with van der Waals surface area (Å²) in [5.41, 5.74) is 2.57. The highest BCUT2D eigenvalue weighted by molar-refractivity contribution is 5.76. The average molecular weight is 293 g/mol. The minimum Gasteiger partial charge on any atom is -0.496 e. The molecule has 0 amide bonds. The molecule has 0 unspecified atom stereocenters. The van der Waals surface area contributed by atoms with Gasteiger partial charge in [0.2, 0.25) is 6.79 Å². The van der Waals surface area contributed by atoms with Crippen molar-refractivity contribution in [1.29, 1.82) is 5.26 Å². The molecular weight excluding hydrogens is 278 g/mol. The molecule has 0 atom stereocenters. The van der Waals surface area contributed by atoms with E-state index < -0.39 is 5.41 Å². The summed E-state index contributed by atoms with van der Waals surface area (Å²) in [6, 6.07) is 14.3. The van der Waals surface area contributed by atoms with Gasteiger partial charge in [0.25, 0.3) is 0 Å². The fourth-order valence-corrected chi connectivity index (χ4v) is 2.97. The van der Waals surface area contributed by atoms with Crippen LogP contribution in [0.5, 0.6) is 17.2 Å². The highest BCUT2D eigenvalue weighted by atomic mass is 16.7. The van der Waals surface area contributed by atoms with Crippen LogP contribution < -0.4 is 14.2 Å². The molecule has 1 aliphatic carbocycles. The van der Waals surface area contributed by atoms with Gasteiger partial charge in [-0.1, -0.05) is 18.2 Å². The number of nitriles is 1. The van der Waals surface area contributed by atoms with Gasteiger partial charge in [-0.3, -0.25) is 0 Å². The molecule has 4 heteroatoms. The smallest absolute Gasteiger partial charge is 0.231 e. The highest BCUT2D eigenvalue weighted by Gasteiger charge is 2.47. The third-order valence-corrected chi connectivity index (χ3v) is 4.39. The largest absolute Gasteiger partial charge is 0.496 e. The SMILES string of the molecule is COc1ccc(-c2cccc3c2OCO3)cc1C1(C#N)CC1. The second kappa shape index (κ2) is 4.67. The minimum atomic E-state index is -0.392. The summed E-state index contributed by atoms with van der Waals surface area (Å²) >= 11 is 0. The normalized spacial score (nSPS) is 16.9. The number of nitrogens with zero attached hydrogens (tertiary/aromatic N) is 1. The third kappa shape index (κ3) is 1.82. The van der Waals surface area contributed by atoms with Gasteiger partial charge in [-0.2, -0.15) is 5.26 Å². The Bertz CT molecular complexity index is 787. The molecule has 0 aromatic heterocycles. The van der Waals surface area contributed by atoms with Gasteiger partial charge in [-0.15, -0.1) is 0 Å². The van der Waals surface area contributed by atoms with E-state index in [0.29, 0.717) is 0 Å². The molecule has 2 aliphatic rings. The average Bonchev–Trinajstić information content (AvgIpc) is 3.22. The fourth-order valence-electron chi connectivity index (χ4n) is 2.97. The van der Waals surface area contributed by atoms with Gasteiger partial charge >= 0.3 is 0 Å². The van der Waals surface area contributed by atoms with Gasteiger partial charge in [0.1, 0.15) is 5.75 Å². The molecule has 4 rings (SSSR count). The molecule has 1 heterocycles. The third-order valence-electron chi connectivity index (χ3n) is 4.39. The Kier molecular flexibility index (Phi) is 2.77. The topological polar surface area (TPSA) is 51.5 Å². The molecule has 4 nitrogen and oxygen atoms in total. The summed E-state index contributed by atoms with van der Waals surface area (Å²) in [6.45, 7) is 0.248. The maximum Gasteiger partial charge on any atom is 0.231 e. The second-order valence-electron chi connectivity index (χ2n) is 5.65. The molecule has 2 aromatic carbocycles.